The summed E-state index contributed by atoms with van der Waals surface area (Å²) in [5.74, 6) is -4.10. The van der Waals surface area contributed by atoms with Crippen LogP contribution in [0.25, 0.3) is 0 Å². The summed E-state index contributed by atoms with van der Waals surface area (Å²) in [6.07, 6.45) is -1.54. The molecule has 0 aliphatic rings. The van der Waals surface area contributed by atoms with E-state index in [0.717, 1.165) is 12.1 Å². The second kappa shape index (κ2) is 9.12. The van der Waals surface area contributed by atoms with Crippen LogP contribution in [0.5, 0.6) is 0 Å². The molecule has 0 bridgehead atoms. The summed E-state index contributed by atoms with van der Waals surface area (Å²) in [4.78, 5) is 36.0. The number of nitro groups is 1. The van der Waals surface area contributed by atoms with E-state index in [4.69, 9.17) is 4.74 Å². The first-order valence-corrected chi connectivity index (χ1v) is 9.03. The number of nitrogens with one attached hydrogen (secondary N) is 1. The minimum atomic E-state index is -1.54. The number of nitro benzene ring substituents is 1. The van der Waals surface area contributed by atoms with Crippen LogP contribution in [0.3, 0.4) is 0 Å². The Kier molecular flexibility index (Phi) is 6.35. The summed E-state index contributed by atoms with van der Waals surface area (Å²) in [7, 11) is 0. The van der Waals surface area contributed by atoms with E-state index < -0.39 is 40.1 Å². The second-order valence-electron chi connectivity index (χ2n) is 6.59. The number of esters is 1. The van der Waals surface area contributed by atoms with Gasteiger partial charge in [-0.3, -0.25) is 14.9 Å². The van der Waals surface area contributed by atoms with E-state index in [9.17, 15) is 28.5 Å². The van der Waals surface area contributed by atoms with Crippen molar-refractivity contribution in [2.45, 2.75) is 13.0 Å². The summed E-state index contributed by atoms with van der Waals surface area (Å²) in [5.41, 5.74) is -0.119. The molecule has 0 fully saturated rings. The molecule has 1 unspecified atom stereocenters. The lowest BCUT2D eigenvalue weighted by Crippen LogP contribution is -2.26. The Labute approximate surface area is 175 Å². The summed E-state index contributed by atoms with van der Waals surface area (Å²) in [5, 5.41) is 13.7. The molecule has 0 radical (unpaired) electrons. The predicted octanol–water partition coefficient (Wildman–Crippen LogP) is 4.72. The van der Waals surface area contributed by atoms with Crippen molar-refractivity contribution in [2.75, 3.05) is 5.32 Å². The number of halogens is 2. The van der Waals surface area contributed by atoms with Gasteiger partial charge in [-0.15, -0.1) is 0 Å². The first kappa shape index (κ1) is 21.6. The van der Waals surface area contributed by atoms with Crippen molar-refractivity contribution in [3.63, 3.8) is 0 Å². The molecule has 158 valence electrons. The van der Waals surface area contributed by atoms with Gasteiger partial charge in [0.1, 0.15) is 17.3 Å². The van der Waals surface area contributed by atoms with Gasteiger partial charge in [-0.25, -0.2) is 13.6 Å². The van der Waals surface area contributed by atoms with E-state index in [1.165, 1.54) is 24.3 Å². The zero-order chi connectivity index (χ0) is 22.5. The van der Waals surface area contributed by atoms with Crippen molar-refractivity contribution in [3.8, 4) is 0 Å². The average Bonchev–Trinajstić information content (AvgIpc) is 2.73. The molecule has 1 atom stereocenters. The Hall–Kier alpha value is -4.14. The van der Waals surface area contributed by atoms with Crippen molar-refractivity contribution in [1.29, 1.82) is 0 Å². The van der Waals surface area contributed by atoms with Gasteiger partial charge in [-0.1, -0.05) is 36.4 Å². The van der Waals surface area contributed by atoms with Crippen LogP contribution in [-0.2, 0) is 9.53 Å². The fourth-order valence-electron chi connectivity index (χ4n) is 2.82. The molecule has 3 aromatic carbocycles. The molecule has 3 rings (SSSR count). The van der Waals surface area contributed by atoms with Crippen LogP contribution in [0.1, 0.15) is 27.6 Å². The molecule has 31 heavy (non-hydrogen) atoms. The molecule has 1 N–H and O–H groups in total. The van der Waals surface area contributed by atoms with Crippen LogP contribution in [0, 0.1) is 28.7 Å². The SMILES string of the molecule is Cc1ccc(NC(=O)C(OC(=O)c2ccc(F)cc2F)c2ccccc2)c([N+](=O)[O-])c1. The Balaban J connectivity index is 1.92. The Morgan fingerprint density at radius 1 is 1.03 bits per heavy atom. The van der Waals surface area contributed by atoms with E-state index in [1.54, 1.807) is 31.2 Å². The molecule has 0 saturated carbocycles. The fourth-order valence-corrected chi connectivity index (χ4v) is 2.82. The fraction of sp³-hybridized carbons (Fsp3) is 0.0909. The number of carbonyl (C=O) groups is 2. The van der Waals surface area contributed by atoms with E-state index in [1.807, 2.05) is 0 Å². The lowest BCUT2D eigenvalue weighted by molar-refractivity contribution is -0.384. The van der Waals surface area contributed by atoms with Crippen molar-refractivity contribution >= 4 is 23.3 Å². The predicted molar refractivity (Wildman–Crippen MR) is 107 cm³/mol. The maximum Gasteiger partial charge on any atom is 0.342 e. The lowest BCUT2D eigenvalue weighted by Gasteiger charge is -2.18. The Bertz CT molecular complexity index is 1150. The zero-order valence-electron chi connectivity index (χ0n) is 16.2. The van der Waals surface area contributed by atoms with Crippen molar-refractivity contribution in [3.05, 3.63) is 105 Å². The monoisotopic (exact) mass is 426 g/mol. The number of anilines is 1. The highest BCUT2D eigenvalue weighted by Crippen LogP contribution is 2.28. The van der Waals surface area contributed by atoms with Gasteiger partial charge in [-0.2, -0.15) is 0 Å². The highest BCUT2D eigenvalue weighted by atomic mass is 19.1. The van der Waals surface area contributed by atoms with Crippen LogP contribution in [0.4, 0.5) is 20.2 Å². The van der Waals surface area contributed by atoms with Crippen LogP contribution in [0.2, 0.25) is 0 Å². The molecule has 7 nitrogen and oxygen atoms in total. The molecule has 0 aromatic heterocycles. The largest absolute Gasteiger partial charge is 0.444 e. The third kappa shape index (κ3) is 5.08. The van der Waals surface area contributed by atoms with Crippen molar-refractivity contribution in [2.24, 2.45) is 0 Å². The molecule has 9 heteroatoms. The molecule has 0 aliphatic carbocycles. The van der Waals surface area contributed by atoms with Gasteiger partial charge in [0.2, 0.25) is 6.10 Å². The first-order valence-electron chi connectivity index (χ1n) is 9.03. The normalized spacial score (nSPS) is 11.5. The topological polar surface area (TPSA) is 98.5 Å². The third-order valence-electron chi connectivity index (χ3n) is 4.32. The number of amides is 1. The number of hydrogen-bond donors (Lipinski definition) is 1. The van der Waals surface area contributed by atoms with Crippen LogP contribution >= 0.6 is 0 Å². The average molecular weight is 426 g/mol. The molecule has 1 amide bonds. The molecule has 3 aromatic rings. The maximum absolute atomic E-state index is 14.0. The van der Waals surface area contributed by atoms with Crippen molar-refractivity contribution in [1.82, 2.24) is 0 Å². The smallest absolute Gasteiger partial charge is 0.342 e. The van der Waals surface area contributed by atoms with Crippen molar-refractivity contribution < 1.29 is 28.0 Å². The first-order chi connectivity index (χ1) is 14.8. The molecule has 0 aliphatic heterocycles. The Morgan fingerprint density at radius 3 is 2.39 bits per heavy atom. The number of benzene rings is 3. The number of hydrogen-bond acceptors (Lipinski definition) is 5. The van der Waals surface area contributed by atoms with Gasteiger partial charge in [0.15, 0.2) is 0 Å². The van der Waals surface area contributed by atoms with Gasteiger partial charge >= 0.3 is 5.97 Å². The minimum Gasteiger partial charge on any atom is -0.444 e. The number of carbonyl (C=O) groups excluding carboxylic acids is 2. The van der Waals surface area contributed by atoms with Gasteiger partial charge < -0.3 is 10.1 Å². The summed E-state index contributed by atoms with van der Waals surface area (Å²) < 4.78 is 32.3. The van der Waals surface area contributed by atoms with E-state index in [-0.39, 0.29) is 16.9 Å². The number of nitrogens with zero attached hydrogens (tertiary/aromatic N) is 1. The third-order valence-corrected chi connectivity index (χ3v) is 4.32. The van der Waals surface area contributed by atoms with Crippen LogP contribution < -0.4 is 5.32 Å². The standard InChI is InChI=1S/C22H16F2N2O5/c1-13-7-10-18(19(11-13)26(29)30)25-21(27)20(14-5-3-2-4-6-14)31-22(28)16-9-8-15(23)12-17(16)24/h2-12,20H,1H3,(H,25,27). The van der Waals surface area contributed by atoms with Crippen LogP contribution in [-0.4, -0.2) is 16.8 Å². The molecule has 0 spiro atoms. The van der Waals surface area contributed by atoms with Gasteiger partial charge in [0.05, 0.1) is 10.5 Å². The molecular formula is C22H16F2N2O5. The maximum atomic E-state index is 14.0. The quantitative estimate of drug-likeness (QED) is 0.349. The van der Waals surface area contributed by atoms with Gasteiger partial charge in [-0.05, 0) is 30.7 Å². The number of ether oxygens (including phenoxy) is 1. The van der Waals surface area contributed by atoms with Gasteiger partial charge in [0.25, 0.3) is 11.6 Å². The van der Waals surface area contributed by atoms with Gasteiger partial charge in [0, 0.05) is 17.7 Å². The summed E-state index contributed by atoms with van der Waals surface area (Å²) >= 11 is 0. The summed E-state index contributed by atoms with van der Waals surface area (Å²) in [6, 6.07) is 14.4. The number of aryl methyl sites for hydroxylation is 1. The highest BCUT2D eigenvalue weighted by Gasteiger charge is 2.28. The highest BCUT2D eigenvalue weighted by molar-refractivity contribution is 5.99. The molecule has 0 heterocycles. The second-order valence-corrected chi connectivity index (χ2v) is 6.59. The van der Waals surface area contributed by atoms with E-state index >= 15 is 0 Å². The zero-order valence-corrected chi connectivity index (χ0v) is 16.2. The minimum absolute atomic E-state index is 0.0921. The number of rotatable bonds is 6. The molecular weight excluding hydrogens is 410 g/mol. The van der Waals surface area contributed by atoms with E-state index in [2.05, 4.69) is 5.32 Å². The summed E-state index contributed by atoms with van der Waals surface area (Å²) in [6.45, 7) is 1.66. The Morgan fingerprint density at radius 2 is 1.74 bits per heavy atom. The van der Waals surface area contributed by atoms with Crippen LogP contribution in [0.15, 0.2) is 66.7 Å². The van der Waals surface area contributed by atoms with E-state index in [0.29, 0.717) is 11.6 Å². The molecule has 0 saturated heterocycles. The lowest BCUT2D eigenvalue weighted by atomic mass is 10.1.